The molecule has 7 heavy (non-hydrogen) atoms. The van der Waals surface area contributed by atoms with Gasteiger partial charge in [0.05, 0.1) is 0 Å². The van der Waals surface area contributed by atoms with Gasteiger partial charge in [-0.3, -0.25) is 4.79 Å². The van der Waals surface area contributed by atoms with E-state index in [1.54, 1.807) is 0 Å². The average molecular weight is 105 g/mol. The Bertz CT molecular complexity index is 74.1. The molecule has 2 nitrogen and oxygen atoms in total. The van der Waals surface area contributed by atoms with Gasteiger partial charge in [-0.15, -0.1) is 0 Å². The molecule has 3 heteroatoms. The first-order valence-corrected chi connectivity index (χ1v) is 2.03. The fourth-order valence-corrected chi connectivity index (χ4v) is 0.166. The third kappa shape index (κ3) is 2.28. The van der Waals surface area contributed by atoms with Crippen molar-refractivity contribution in [2.45, 2.75) is 13.1 Å². The normalized spacial score (nSPS) is 13.6. The van der Waals surface area contributed by atoms with E-state index in [2.05, 4.69) is 0 Å². The zero-order chi connectivity index (χ0) is 5.86. The number of carbonyl (C=O) groups excluding carboxylic acids is 1. The van der Waals surface area contributed by atoms with Gasteiger partial charge in [0.15, 0.2) is 12.0 Å². The van der Waals surface area contributed by atoms with Crippen LogP contribution in [0.3, 0.4) is 0 Å². The lowest BCUT2D eigenvalue weighted by Crippen LogP contribution is -2.22. The summed E-state index contributed by atoms with van der Waals surface area (Å²) in [6, 6.07) is 0. The molecule has 0 aliphatic rings. The minimum absolute atomic E-state index is 0.199. The van der Waals surface area contributed by atoms with Crippen LogP contribution in [-0.4, -0.2) is 18.5 Å². The van der Waals surface area contributed by atoms with E-state index >= 15 is 0 Å². The van der Waals surface area contributed by atoms with Crippen LogP contribution in [0, 0.1) is 0 Å². The molecular formula is C4H8FNO. The summed E-state index contributed by atoms with van der Waals surface area (Å²) in [5.74, 6) is -0.498. The van der Waals surface area contributed by atoms with Crippen molar-refractivity contribution >= 4 is 5.78 Å². The number of halogens is 1. The molecule has 1 atom stereocenters. The predicted molar refractivity (Wildman–Crippen MR) is 24.6 cm³/mol. The van der Waals surface area contributed by atoms with Gasteiger partial charge >= 0.3 is 0 Å². The lowest BCUT2D eigenvalue weighted by molar-refractivity contribution is -0.121. The Morgan fingerprint density at radius 3 is 2.43 bits per heavy atom. The van der Waals surface area contributed by atoms with Gasteiger partial charge in [-0.05, 0) is 6.92 Å². The van der Waals surface area contributed by atoms with Gasteiger partial charge in [0.1, 0.15) is 0 Å². The smallest absolute Gasteiger partial charge is 0.170 e. The number of alkyl halides is 1. The molecule has 2 N–H and O–H groups in total. The molecule has 0 aromatic carbocycles. The van der Waals surface area contributed by atoms with Crippen LogP contribution in [0.4, 0.5) is 4.39 Å². The summed E-state index contributed by atoms with van der Waals surface area (Å²) < 4.78 is 11.8. The summed E-state index contributed by atoms with van der Waals surface area (Å²) in [5, 5.41) is 0. The predicted octanol–water partition coefficient (Wildman–Crippen LogP) is -0.128. The monoisotopic (exact) mass is 105 g/mol. The van der Waals surface area contributed by atoms with Crippen molar-refractivity contribution in [3.8, 4) is 0 Å². The lowest BCUT2D eigenvalue weighted by Gasteiger charge is -1.94. The highest BCUT2D eigenvalue weighted by Gasteiger charge is 2.06. The fourth-order valence-electron chi connectivity index (χ4n) is 0.166. The van der Waals surface area contributed by atoms with E-state index in [0.717, 1.165) is 0 Å². The van der Waals surface area contributed by atoms with E-state index in [0.29, 0.717) is 0 Å². The van der Waals surface area contributed by atoms with Gasteiger partial charge in [-0.1, -0.05) is 0 Å². The van der Waals surface area contributed by atoms with E-state index in [4.69, 9.17) is 5.73 Å². The molecule has 0 aromatic heterocycles. The molecule has 0 bridgehead atoms. The van der Waals surface area contributed by atoms with Crippen LogP contribution in [0.1, 0.15) is 6.92 Å². The van der Waals surface area contributed by atoms with Crippen LogP contribution in [0.15, 0.2) is 0 Å². The summed E-state index contributed by atoms with van der Waals surface area (Å²) in [5.41, 5.74) is 4.78. The standard InChI is InChI=1S/C4H8FNO/c1-3(7)4(5)2-6/h4H,2,6H2,1H3/t4-/m1/s1. The first-order valence-electron chi connectivity index (χ1n) is 2.03. The van der Waals surface area contributed by atoms with Gasteiger partial charge in [0.25, 0.3) is 0 Å². The Balaban J connectivity index is 3.34. The highest BCUT2D eigenvalue weighted by atomic mass is 19.1. The van der Waals surface area contributed by atoms with Gasteiger partial charge in [0, 0.05) is 6.54 Å². The van der Waals surface area contributed by atoms with Gasteiger partial charge in [0.2, 0.25) is 0 Å². The van der Waals surface area contributed by atoms with E-state index in [1.807, 2.05) is 0 Å². The molecule has 0 aromatic rings. The van der Waals surface area contributed by atoms with Gasteiger partial charge in [-0.25, -0.2) is 4.39 Å². The summed E-state index contributed by atoms with van der Waals surface area (Å²) in [6.07, 6.45) is -1.46. The van der Waals surface area contributed by atoms with Crippen LogP contribution >= 0.6 is 0 Å². The van der Waals surface area contributed by atoms with Crippen molar-refractivity contribution in [1.29, 1.82) is 0 Å². The Labute approximate surface area is 41.5 Å². The minimum atomic E-state index is -1.46. The summed E-state index contributed by atoms with van der Waals surface area (Å²) in [4.78, 5) is 9.92. The fraction of sp³-hybridized carbons (Fsp3) is 0.750. The molecule has 0 spiro atoms. The number of hydrogen-bond acceptors (Lipinski definition) is 2. The Kier molecular flexibility index (Phi) is 2.52. The zero-order valence-corrected chi connectivity index (χ0v) is 4.15. The molecule has 42 valence electrons. The van der Waals surface area contributed by atoms with E-state index < -0.39 is 12.0 Å². The van der Waals surface area contributed by atoms with Gasteiger partial charge in [-0.2, -0.15) is 0 Å². The molecule has 0 rings (SSSR count). The molecule has 0 heterocycles. The molecule has 0 saturated carbocycles. The van der Waals surface area contributed by atoms with E-state index in [-0.39, 0.29) is 6.54 Å². The van der Waals surface area contributed by atoms with E-state index in [9.17, 15) is 9.18 Å². The SMILES string of the molecule is CC(=O)[C@H](F)CN. The topological polar surface area (TPSA) is 43.1 Å². The number of hydrogen-bond donors (Lipinski definition) is 1. The highest BCUT2D eigenvalue weighted by Crippen LogP contribution is 1.85. The number of nitrogens with two attached hydrogens (primary N) is 1. The van der Waals surface area contributed by atoms with Crippen molar-refractivity contribution < 1.29 is 9.18 Å². The molecule has 0 fully saturated rings. The van der Waals surface area contributed by atoms with E-state index in [1.165, 1.54) is 6.92 Å². The molecule has 0 aliphatic heterocycles. The zero-order valence-electron chi connectivity index (χ0n) is 4.15. The van der Waals surface area contributed by atoms with Crippen LogP contribution in [0.25, 0.3) is 0 Å². The first kappa shape index (κ1) is 6.56. The number of carbonyl (C=O) groups is 1. The van der Waals surface area contributed by atoms with Crippen LogP contribution in [0.2, 0.25) is 0 Å². The Morgan fingerprint density at radius 1 is 2.00 bits per heavy atom. The number of ketones is 1. The highest BCUT2D eigenvalue weighted by molar-refractivity contribution is 5.80. The first-order chi connectivity index (χ1) is 3.18. The maximum Gasteiger partial charge on any atom is 0.170 e. The van der Waals surface area contributed by atoms with Crippen molar-refractivity contribution in [2.75, 3.05) is 6.54 Å². The summed E-state index contributed by atoms with van der Waals surface area (Å²) >= 11 is 0. The molecule has 0 aliphatic carbocycles. The maximum atomic E-state index is 11.8. The Morgan fingerprint density at radius 2 is 2.43 bits per heavy atom. The number of rotatable bonds is 2. The molecule has 0 unspecified atom stereocenters. The molecule has 0 radical (unpaired) electrons. The lowest BCUT2D eigenvalue weighted by atomic mass is 10.3. The van der Waals surface area contributed by atoms with Crippen LogP contribution in [0.5, 0.6) is 0 Å². The molecule has 0 amide bonds. The van der Waals surface area contributed by atoms with Crippen molar-refractivity contribution in [1.82, 2.24) is 0 Å². The Hall–Kier alpha value is -0.440. The second kappa shape index (κ2) is 2.69. The molecular weight excluding hydrogens is 97.0 g/mol. The second-order valence-electron chi connectivity index (χ2n) is 1.31. The maximum absolute atomic E-state index is 11.8. The van der Waals surface area contributed by atoms with Crippen molar-refractivity contribution in [3.05, 3.63) is 0 Å². The third-order valence-electron chi connectivity index (χ3n) is 0.648. The second-order valence-corrected chi connectivity index (χ2v) is 1.31. The summed E-state index contributed by atoms with van der Waals surface area (Å²) in [7, 11) is 0. The van der Waals surface area contributed by atoms with Gasteiger partial charge < -0.3 is 5.73 Å². The number of Topliss-reactive ketones (excluding diaryl/α,β-unsaturated/α-hetero) is 1. The third-order valence-corrected chi connectivity index (χ3v) is 0.648. The summed E-state index contributed by atoms with van der Waals surface area (Å²) in [6.45, 7) is 0.979. The average Bonchev–Trinajstić information content (AvgIpc) is 1.65. The quantitative estimate of drug-likeness (QED) is 0.531. The minimum Gasteiger partial charge on any atom is -0.327 e. The van der Waals surface area contributed by atoms with Crippen LogP contribution < -0.4 is 5.73 Å². The van der Waals surface area contributed by atoms with Crippen molar-refractivity contribution in [2.24, 2.45) is 5.73 Å². The largest absolute Gasteiger partial charge is 0.327 e. The van der Waals surface area contributed by atoms with Crippen molar-refractivity contribution in [3.63, 3.8) is 0 Å². The van der Waals surface area contributed by atoms with Crippen LogP contribution in [-0.2, 0) is 4.79 Å². The molecule has 0 saturated heterocycles.